The normalized spacial score (nSPS) is 23.1. The van der Waals surface area contributed by atoms with Crippen LogP contribution < -0.4 is 0 Å². The average Bonchev–Trinajstić information content (AvgIpc) is 3.06. The van der Waals surface area contributed by atoms with Crippen LogP contribution in [-0.2, 0) is 16.1 Å². The van der Waals surface area contributed by atoms with Crippen molar-refractivity contribution in [1.29, 1.82) is 0 Å². The lowest BCUT2D eigenvalue weighted by atomic mass is 9.78. The van der Waals surface area contributed by atoms with Gasteiger partial charge in [-0.3, -0.25) is 9.59 Å². The summed E-state index contributed by atoms with van der Waals surface area (Å²) in [5, 5.41) is 0. The molecule has 2 amide bonds. The Balaban J connectivity index is 1.70. The first-order chi connectivity index (χ1) is 12.5. The molecule has 2 aliphatic rings. The van der Waals surface area contributed by atoms with E-state index in [1.165, 1.54) is 12.1 Å². The molecule has 1 aromatic rings. The lowest BCUT2D eigenvalue weighted by Gasteiger charge is -2.39. The van der Waals surface area contributed by atoms with Crippen LogP contribution in [0.25, 0.3) is 0 Å². The van der Waals surface area contributed by atoms with Crippen molar-refractivity contribution in [2.75, 3.05) is 31.6 Å². The molecule has 1 spiro atoms. The number of rotatable bonds is 5. The van der Waals surface area contributed by atoms with Crippen LogP contribution in [0, 0.1) is 17.0 Å². The summed E-state index contributed by atoms with van der Waals surface area (Å²) >= 11 is 1.63. The molecule has 1 atom stereocenters. The van der Waals surface area contributed by atoms with Crippen molar-refractivity contribution >= 4 is 23.6 Å². The van der Waals surface area contributed by atoms with Gasteiger partial charge in [-0.2, -0.15) is 11.8 Å². The first-order valence-electron chi connectivity index (χ1n) is 8.96. The highest BCUT2D eigenvalue weighted by Gasteiger charge is 2.49. The molecule has 0 aliphatic carbocycles. The molecule has 2 fully saturated rings. The Morgan fingerprint density at radius 3 is 2.85 bits per heavy atom. The smallest absolute Gasteiger partial charge is 0.230 e. The number of hydrogen-bond donors (Lipinski definition) is 0. The van der Waals surface area contributed by atoms with Gasteiger partial charge in [0.15, 0.2) is 11.6 Å². The van der Waals surface area contributed by atoms with Gasteiger partial charge in [0.25, 0.3) is 0 Å². The molecule has 0 radical (unpaired) electrons. The predicted molar refractivity (Wildman–Crippen MR) is 97.6 cm³/mol. The molecule has 0 unspecified atom stereocenters. The highest BCUT2D eigenvalue weighted by molar-refractivity contribution is 7.98. The van der Waals surface area contributed by atoms with Crippen LogP contribution in [0.2, 0.25) is 0 Å². The molecule has 0 N–H and O–H groups in total. The summed E-state index contributed by atoms with van der Waals surface area (Å²) in [6.45, 7) is 1.66. The van der Waals surface area contributed by atoms with Crippen molar-refractivity contribution in [2.45, 2.75) is 32.2 Å². The molecule has 1 aromatic carbocycles. The second-order valence-corrected chi connectivity index (χ2v) is 8.12. The van der Waals surface area contributed by atoms with Gasteiger partial charge in [0, 0.05) is 43.9 Å². The maximum absolute atomic E-state index is 14.0. The third-order valence-electron chi connectivity index (χ3n) is 5.44. The Kier molecular flexibility index (Phi) is 5.85. The van der Waals surface area contributed by atoms with E-state index in [2.05, 4.69) is 0 Å². The Bertz CT molecular complexity index is 700. The van der Waals surface area contributed by atoms with Crippen molar-refractivity contribution in [2.24, 2.45) is 5.41 Å². The molecular weight excluding hydrogens is 358 g/mol. The van der Waals surface area contributed by atoms with Crippen molar-refractivity contribution in [1.82, 2.24) is 9.80 Å². The van der Waals surface area contributed by atoms with Gasteiger partial charge in [-0.25, -0.2) is 8.78 Å². The molecule has 0 bridgehead atoms. The van der Waals surface area contributed by atoms with Gasteiger partial charge in [-0.1, -0.05) is 12.1 Å². The summed E-state index contributed by atoms with van der Waals surface area (Å²) in [4.78, 5) is 28.8. The number of piperidine rings is 1. The van der Waals surface area contributed by atoms with Gasteiger partial charge >= 0.3 is 0 Å². The minimum absolute atomic E-state index is 0.0347. The summed E-state index contributed by atoms with van der Waals surface area (Å²) in [7, 11) is 0. The average molecular weight is 382 g/mol. The standard InChI is InChI=1S/C19H24F2N2O2S/c1-26-11-6-16(24)23-10-8-19(13-23)7-3-9-22(18(19)25)12-14-4-2-5-15(20)17(14)21/h2,4-5H,3,6-13H2,1H3/t19-/m0/s1. The molecule has 3 rings (SSSR count). The van der Waals surface area contributed by atoms with Gasteiger partial charge in [0.1, 0.15) is 0 Å². The second kappa shape index (κ2) is 7.94. The van der Waals surface area contributed by atoms with E-state index in [1.807, 2.05) is 6.26 Å². The number of likely N-dealkylation sites (tertiary alicyclic amines) is 2. The van der Waals surface area contributed by atoms with Crippen molar-refractivity contribution in [3.05, 3.63) is 35.4 Å². The van der Waals surface area contributed by atoms with Gasteiger partial charge < -0.3 is 9.80 Å². The van der Waals surface area contributed by atoms with Crippen molar-refractivity contribution < 1.29 is 18.4 Å². The first kappa shape index (κ1) is 19.1. The zero-order valence-electron chi connectivity index (χ0n) is 15.0. The third-order valence-corrected chi connectivity index (χ3v) is 6.06. The first-order valence-corrected chi connectivity index (χ1v) is 10.4. The lowest BCUT2D eigenvalue weighted by molar-refractivity contribution is -0.146. The SMILES string of the molecule is CSCCC(=O)N1CC[C@@]2(CCCN(Cc3cccc(F)c3F)C2=O)C1. The minimum Gasteiger partial charge on any atom is -0.342 e. The Labute approximate surface area is 156 Å². The Hall–Kier alpha value is -1.63. The van der Waals surface area contributed by atoms with Crippen molar-refractivity contribution in [3.8, 4) is 0 Å². The molecule has 0 aromatic heterocycles. The molecule has 4 nitrogen and oxygen atoms in total. The number of hydrogen-bond acceptors (Lipinski definition) is 3. The van der Waals surface area contributed by atoms with E-state index >= 15 is 0 Å². The molecule has 7 heteroatoms. The zero-order valence-corrected chi connectivity index (χ0v) is 15.8. The van der Waals surface area contributed by atoms with Crippen molar-refractivity contribution in [3.63, 3.8) is 0 Å². The zero-order chi connectivity index (χ0) is 18.7. The van der Waals surface area contributed by atoms with Gasteiger partial charge in [0.2, 0.25) is 11.8 Å². The van der Waals surface area contributed by atoms with Crippen LogP contribution in [0.1, 0.15) is 31.2 Å². The van der Waals surface area contributed by atoms with E-state index in [0.29, 0.717) is 32.5 Å². The molecule has 2 aliphatic heterocycles. The van der Waals surface area contributed by atoms with Gasteiger partial charge in [-0.05, 0) is 31.6 Å². The fraction of sp³-hybridized carbons (Fsp3) is 0.579. The van der Waals surface area contributed by atoms with Gasteiger partial charge in [0.05, 0.1) is 5.41 Å². The van der Waals surface area contributed by atoms with Crippen LogP contribution in [-0.4, -0.2) is 53.3 Å². The monoisotopic (exact) mass is 382 g/mol. The molecular formula is C19H24F2N2O2S. The number of nitrogens with zero attached hydrogens (tertiary/aromatic N) is 2. The summed E-state index contributed by atoms with van der Waals surface area (Å²) < 4.78 is 27.4. The van der Waals surface area contributed by atoms with E-state index in [0.717, 1.165) is 24.7 Å². The minimum atomic E-state index is -0.895. The Morgan fingerprint density at radius 2 is 2.08 bits per heavy atom. The van der Waals surface area contributed by atoms with Gasteiger partial charge in [-0.15, -0.1) is 0 Å². The Morgan fingerprint density at radius 1 is 1.27 bits per heavy atom. The molecule has 26 heavy (non-hydrogen) atoms. The third kappa shape index (κ3) is 3.72. The number of thioether (sulfide) groups is 1. The topological polar surface area (TPSA) is 40.6 Å². The summed E-state index contributed by atoms with van der Waals surface area (Å²) in [6, 6.07) is 4.05. The number of halogens is 2. The van der Waals surface area contributed by atoms with E-state index < -0.39 is 17.0 Å². The lowest BCUT2D eigenvalue weighted by Crippen LogP contribution is -2.50. The quantitative estimate of drug-likeness (QED) is 0.786. The largest absolute Gasteiger partial charge is 0.342 e. The summed E-state index contributed by atoms with van der Waals surface area (Å²) in [5.41, 5.74) is -0.363. The van der Waals surface area contributed by atoms with E-state index in [1.54, 1.807) is 21.6 Å². The van der Waals surface area contributed by atoms with E-state index in [9.17, 15) is 18.4 Å². The fourth-order valence-electron chi connectivity index (χ4n) is 3.99. The second-order valence-electron chi connectivity index (χ2n) is 7.13. The fourth-order valence-corrected chi connectivity index (χ4v) is 4.37. The number of carbonyl (C=O) groups is 2. The van der Waals surface area contributed by atoms with Crippen LogP contribution >= 0.6 is 11.8 Å². The maximum atomic E-state index is 14.0. The van der Waals surface area contributed by atoms with E-state index in [-0.39, 0.29) is 23.9 Å². The summed E-state index contributed by atoms with van der Waals surface area (Å²) in [6.07, 6.45) is 4.67. The predicted octanol–water partition coefficient (Wildman–Crippen LogP) is 3.06. The summed E-state index contributed by atoms with van der Waals surface area (Å²) in [5.74, 6) is -0.945. The number of benzene rings is 1. The van der Waals surface area contributed by atoms with E-state index in [4.69, 9.17) is 0 Å². The maximum Gasteiger partial charge on any atom is 0.230 e. The number of amides is 2. The molecule has 2 saturated heterocycles. The van der Waals surface area contributed by atoms with Crippen LogP contribution in [0.3, 0.4) is 0 Å². The van der Waals surface area contributed by atoms with Crippen LogP contribution in [0.4, 0.5) is 8.78 Å². The molecule has 0 saturated carbocycles. The molecule has 2 heterocycles. The highest BCUT2D eigenvalue weighted by Crippen LogP contribution is 2.40. The van der Waals surface area contributed by atoms with Crippen LogP contribution in [0.5, 0.6) is 0 Å². The molecule has 142 valence electrons. The van der Waals surface area contributed by atoms with Crippen LogP contribution in [0.15, 0.2) is 18.2 Å². The highest BCUT2D eigenvalue weighted by atomic mass is 32.2. The number of carbonyl (C=O) groups excluding carboxylic acids is 2.